The van der Waals surface area contributed by atoms with Gasteiger partial charge in [-0.05, 0) is 6.07 Å². The summed E-state index contributed by atoms with van der Waals surface area (Å²) >= 11 is 0. The molecular weight excluding hydrogens is 324 g/mol. The Morgan fingerprint density at radius 1 is 1.16 bits per heavy atom. The van der Waals surface area contributed by atoms with Crippen LogP contribution >= 0.6 is 0 Å². The van der Waals surface area contributed by atoms with Crippen molar-refractivity contribution < 1.29 is 14.4 Å². The number of hydrogen-bond acceptors (Lipinski definition) is 6. The Kier molecular flexibility index (Phi) is 5.12. The summed E-state index contributed by atoms with van der Waals surface area (Å²) in [5, 5.41) is 2.58. The quantitative estimate of drug-likeness (QED) is 0.754. The molecule has 130 valence electrons. The topological polar surface area (TPSA) is 108 Å². The van der Waals surface area contributed by atoms with E-state index in [1.807, 2.05) is 4.90 Å². The van der Waals surface area contributed by atoms with Gasteiger partial charge >= 0.3 is 0 Å². The van der Waals surface area contributed by atoms with Crippen molar-refractivity contribution in [3.8, 4) is 0 Å². The van der Waals surface area contributed by atoms with E-state index in [4.69, 9.17) is 0 Å². The molecule has 2 aliphatic rings. The zero-order valence-corrected chi connectivity index (χ0v) is 13.5. The van der Waals surface area contributed by atoms with Gasteiger partial charge in [-0.3, -0.25) is 14.4 Å². The maximum atomic E-state index is 12.2. The van der Waals surface area contributed by atoms with Crippen molar-refractivity contribution in [2.24, 2.45) is 10.9 Å². The van der Waals surface area contributed by atoms with E-state index in [2.05, 4.69) is 20.3 Å². The third kappa shape index (κ3) is 4.25. The van der Waals surface area contributed by atoms with Gasteiger partial charge in [0, 0.05) is 50.9 Å². The van der Waals surface area contributed by atoms with Crippen molar-refractivity contribution in [3.05, 3.63) is 30.6 Å². The van der Waals surface area contributed by atoms with Crippen LogP contribution in [0.4, 0.5) is 5.95 Å². The molecule has 2 aliphatic heterocycles. The molecule has 1 N–H and O–H groups in total. The average Bonchev–Trinajstić information content (AvgIpc) is 2.67. The third-order valence-corrected chi connectivity index (χ3v) is 3.99. The average molecular weight is 342 g/mol. The van der Waals surface area contributed by atoms with Gasteiger partial charge < -0.3 is 15.1 Å². The van der Waals surface area contributed by atoms with Crippen LogP contribution in [0.15, 0.2) is 35.6 Å². The minimum Gasteiger partial charge on any atom is -0.346 e. The normalized spacial score (nSPS) is 19.8. The smallest absolute Gasteiger partial charge is 0.269 e. The Morgan fingerprint density at radius 3 is 2.52 bits per heavy atom. The summed E-state index contributed by atoms with van der Waals surface area (Å²) in [5.41, 5.74) is 0. The lowest BCUT2D eigenvalue weighted by molar-refractivity contribution is -0.133. The first-order valence-corrected chi connectivity index (χ1v) is 7.97. The predicted octanol–water partition coefficient (Wildman–Crippen LogP) is -0.975. The van der Waals surface area contributed by atoms with Crippen LogP contribution in [-0.4, -0.2) is 71.5 Å². The van der Waals surface area contributed by atoms with Crippen LogP contribution in [0.25, 0.3) is 0 Å². The van der Waals surface area contributed by atoms with Crippen molar-refractivity contribution in [1.82, 2.24) is 20.2 Å². The fourth-order valence-corrected chi connectivity index (χ4v) is 2.59. The van der Waals surface area contributed by atoms with Crippen LogP contribution in [0.2, 0.25) is 0 Å². The molecule has 9 nitrogen and oxygen atoms in total. The fraction of sp³-hybridized carbons (Fsp3) is 0.375. The zero-order valence-electron chi connectivity index (χ0n) is 13.5. The minimum atomic E-state index is -0.613. The first-order valence-electron chi connectivity index (χ1n) is 7.97. The van der Waals surface area contributed by atoms with Gasteiger partial charge in [0.15, 0.2) is 0 Å². The second kappa shape index (κ2) is 7.65. The summed E-state index contributed by atoms with van der Waals surface area (Å²) in [6.45, 7) is 2.30. The number of amides is 3. The standard InChI is InChI=1S/C16H18N6O3/c23-13-3-2-12(10-19-13)15(25)20-11-14(24)21-6-8-22(9-7-21)16-17-4-1-5-18-16/h1-5,10,12H,6-9,11H2,(H,20,25). The molecule has 0 aliphatic carbocycles. The summed E-state index contributed by atoms with van der Waals surface area (Å²) in [5.74, 6) is -0.842. The molecule has 3 heterocycles. The van der Waals surface area contributed by atoms with Gasteiger partial charge in [0.2, 0.25) is 17.8 Å². The molecule has 0 spiro atoms. The molecule has 1 saturated heterocycles. The van der Waals surface area contributed by atoms with Gasteiger partial charge in [0.1, 0.15) is 0 Å². The van der Waals surface area contributed by atoms with Crippen LogP contribution in [0.3, 0.4) is 0 Å². The number of anilines is 1. The number of dihydropyridines is 1. The number of piperazine rings is 1. The van der Waals surface area contributed by atoms with Crippen molar-refractivity contribution in [3.63, 3.8) is 0 Å². The number of aromatic nitrogens is 2. The monoisotopic (exact) mass is 342 g/mol. The molecule has 25 heavy (non-hydrogen) atoms. The number of carbonyl (C=O) groups excluding carboxylic acids is 3. The summed E-state index contributed by atoms with van der Waals surface area (Å²) in [4.78, 5) is 50.8. The van der Waals surface area contributed by atoms with E-state index in [0.717, 1.165) is 0 Å². The molecule has 1 fully saturated rings. The van der Waals surface area contributed by atoms with Crippen LogP contribution in [-0.2, 0) is 14.4 Å². The molecule has 1 unspecified atom stereocenters. The maximum Gasteiger partial charge on any atom is 0.269 e. The first kappa shape index (κ1) is 16.7. The summed E-state index contributed by atoms with van der Waals surface area (Å²) in [6, 6.07) is 1.76. The van der Waals surface area contributed by atoms with Gasteiger partial charge in [-0.25, -0.2) is 15.0 Å². The fourth-order valence-electron chi connectivity index (χ4n) is 2.59. The number of hydrogen-bond donors (Lipinski definition) is 1. The predicted molar refractivity (Wildman–Crippen MR) is 90.0 cm³/mol. The summed E-state index contributed by atoms with van der Waals surface area (Å²) < 4.78 is 0. The second-order valence-electron chi connectivity index (χ2n) is 5.64. The van der Waals surface area contributed by atoms with Crippen LogP contribution in [0.5, 0.6) is 0 Å². The highest BCUT2D eigenvalue weighted by Crippen LogP contribution is 2.09. The van der Waals surface area contributed by atoms with Crippen molar-refractivity contribution in [2.75, 3.05) is 37.6 Å². The summed E-state index contributed by atoms with van der Waals surface area (Å²) in [6.07, 6.45) is 7.36. The van der Waals surface area contributed by atoms with E-state index in [1.165, 1.54) is 18.4 Å². The first-order chi connectivity index (χ1) is 12.1. The van der Waals surface area contributed by atoms with E-state index in [0.29, 0.717) is 32.1 Å². The number of carbonyl (C=O) groups is 3. The lowest BCUT2D eigenvalue weighted by atomic mass is 10.1. The minimum absolute atomic E-state index is 0.0766. The van der Waals surface area contributed by atoms with Crippen molar-refractivity contribution in [1.29, 1.82) is 0 Å². The van der Waals surface area contributed by atoms with E-state index in [1.54, 1.807) is 23.4 Å². The summed E-state index contributed by atoms with van der Waals surface area (Å²) in [7, 11) is 0. The highest BCUT2D eigenvalue weighted by Gasteiger charge is 2.23. The maximum absolute atomic E-state index is 12.2. The van der Waals surface area contributed by atoms with Crippen molar-refractivity contribution in [2.45, 2.75) is 0 Å². The number of nitrogens with zero attached hydrogens (tertiary/aromatic N) is 5. The Labute approximate surface area is 144 Å². The molecule has 3 amide bonds. The van der Waals surface area contributed by atoms with Gasteiger partial charge in [-0.2, -0.15) is 0 Å². The lowest BCUT2D eigenvalue weighted by Crippen LogP contribution is -2.52. The molecular formula is C16H18N6O3. The number of aliphatic imine (C=N–C) groups is 1. The molecule has 1 aromatic heterocycles. The SMILES string of the molecule is O=C1C=CC(C(=O)NCC(=O)N2CCN(c3ncccn3)CC2)C=N1. The van der Waals surface area contributed by atoms with Crippen molar-refractivity contribution >= 4 is 29.9 Å². The van der Waals surface area contributed by atoms with Crippen LogP contribution in [0.1, 0.15) is 0 Å². The second-order valence-corrected chi connectivity index (χ2v) is 5.64. The highest BCUT2D eigenvalue weighted by molar-refractivity contribution is 6.05. The van der Waals surface area contributed by atoms with Gasteiger partial charge in [0.05, 0.1) is 12.5 Å². The van der Waals surface area contributed by atoms with E-state index < -0.39 is 5.92 Å². The van der Waals surface area contributed by atoms with Gasteiger partial charge in [-0.15, -0.1) is 0 Å². The van der Waals surface area contributed by atoms with Gasteiger partial charge in [0.25, 0.3) is 5.91 Å². The van der Waals surface area contributed by atoms with E-state index >= 15 is 0 Å². The largest absolute Gasteiger partial charge is 0.346 e. The molecule has 0 saturated carbocycles. The van der Waals surface area contributed by atoms with Gasteiger partial charge in [-0.1, -0.05) is 6.08 Å². The Morgan fingerprint density at radius 2 is 1.88 bits per heavy atom. The third-order valence-electron chi connectivity index (χ3n) is 3.99. The molecule has 0 bridgehead atoms. The molecule has 3 rings (SSSR count). The number of nitrogens with one attached hydrogen (secondary N) is 1. The Bertz CT molecular complexity index is 694. The molecule has 0 aromatic carbocycles. The Balaban J connectivity index is 1.44. The highest BCUT2D eigenvalue weighted by atomic mass is 16.2. The molecule has 9 heteroatoms. The number of rotatable bonds is 4. The van der Waals surface area contributed by atoms with E-state index in [-0.39, 0.29) is 24.3 Å². The Hall–Kier alpha value is -3.10. The van der Waals surface area contributed by atoms with E-state index in [9.17, 15) is 14.4 Å². The molecule has 1 aromatic rings. The van der Waals surface area contributed by atoms with Crippen LogP contribution < -0.4 is 10.2 Å². The van der Waals surface area contributed by atoms with Crippen LogP contribution in [0, 0.1) is 5.92 Å². The lowest BCUT2D eigenvalue weighted by Gasteiger charge is -2.34. The zero-order chi connectivity index (χ0) is 17.6. The molecule has 0 radical (unpaired) electrons. The molecule has 1 atom stereocenters.